The van der Waals surface area contributed by atoms with Crippen LogP contribution in [0.2, 0.25) is 0 Å². The Morgan fingerprint density at radius 2 is 1.74 bits per heavy atom. The average Bonchev–Trinajstić information content (AvgIpc) is 3.06. The maximum atomic E-state index is 14.2. The molecule has 0 spiro atoms. The molecule has 0 aliphatic rings. The molecule has 0 saturated heterocycles. The van der Waals surface area contributed by atoms with Gasteiger partial charge in [0, 0.05) is 23.0 Å². The first kappa shape index (κ1) is 20.3. The molecule has 7 heteroatoms. The van der Waals surface area contributed by atoms with Gasteiger partial charge in [0.05, 0.1) is 11.1 Å². The fourth-order valence-electron chi connectivity index (χ4n) is 3.53. The van der Waals surface area contributed by atoms with E-state index in [0.717, 1.165) is 6.07 Å². The van der Waals surface area contributed by atoms with Crippen LogP contribution in [0.3, 0.4) is 0 Å². The maximum Gasteiger partial charge on any atom is 0.374 e. The summed E-state index contributed by atoms with van der Waals surface area (Å²) in [5.74, 6) is -2.07. The predicted octanol–water partition coefficient (Wildman–Crippen LogP) is 4.38. The molecule has 0 saturated carbocycles. The molecular weight excluding hydrogens is 401 g/mol. The first-order valence-corrected chi connectivity index (χ1v) is 9.54. The third-order valence-electron chi connectivity index (χ3n) is 5.00. The van der Waals surface area contributed by atoms with Crippen LogP contribution in [0.15, 0.2) is 69.9 Å². The van der Waals surface area contributed by atoms with Crippen molar-refractivity contribution < 1.29 is 23.1 Å². The molecule has 0 amide bonds. The van der Waals surface area contributed by atoms with Gasteiger partial charge in [0.2, 0.25) is 11.5 Å². The van der Waals surface area contributed by atoms with Crippen molar-refractivity contribution in [2.75, 3.05) is 6.61 Å². The highest BCUT2D eigenvalue weighted by atomic mass is 19.1. The molecular formula is C24H18FNO5. The van der Waals surface area contributed by atoms with Gasteiger partial charge in [-0.25, -0.2) is 9.18 Å². The Morgan fingerprint density at radius 3 is 2.52 bits per heavy atom. The standard InChI is InChI=1S/C24H18FNO5/c1-14-11-17(15(2)26(14)19-9-5-4-8-18(19)25)21(28)13-30-24(29)23-12-20(27)16-7-3-6-10-22(16)31-23/h3-12H,13H2,1-2H3. The summed E-state index contributed by atoms with van der Waals surface area (Å²) in [6.07, 6.45) is 0. The number of rotatable bonds is 5. The van der Waals surface area contributed by atoms with E-state index < -0.39 is 24.2 Å². The molecule has 2 aromatic heterocycles. The van der Waals surface area contributed by atoms with Crippen molar-refractivity contribution in [3.05, 3.63) is 99.4 Å². The largest absolute Gasteiger partial charge is 0.451 e. The van der Waals surface area contributed by atoms with E-state index in [9.17, 15) is 18.8 Å². The summed E-state index contributed by atoms with van der Waals surface area (Å²) in [6.45, 7) is 2.90. The summed E-state index contributed by atoms with van der Waals surface area (Å²) in [6, 6.07) is 15.4. The normalized spacial score (nSPS) is 10.9. The number of ether oxygens (including phenoxy) is 1. The van der Waals surface area contributed by atoms with E-state index in [0.29, 0.717) is 28.0 Å². The van der Waals surface area contributed by atoms with Crippen LogP contribution in [0, 0.1) is 19.7 Å². The number of carbonyl (C=O) groups excluding carboxylic acids is 2. The number of ketones is 1. The lowest BCUT2D eigenvalue weighted by Crippen LogP contribution is -2.16. The summed E-state index contributed by atoms with van der Waals surface area (Å²) in [4.78, 5) is 37.2. The van der Waals surface area contributed by atoms with Crippen molar-refractivity contribution in [2.24, 2.45) is 0 Å². The molecule has 31 heavy (non-hydrogen) atoms. The summed E-state index contributed by atoms with van der Waals surface area (Å²) < 4.78 is 26.4. The number of hydrogen-bond donors (Lipinski definition) is 0. The third kappa shape index (κ3) is 3.77. The van der Waals surface area contributed by atoms with Crippen LogP contribution in [-0.2, 0) is 4.74 Å². The Morgan fingerprint density at radius 1 is 1.03 bits per heavy atom. The topological polar surface area (TPSA) is 78.5 Å². The van der Waals surface area contributed by atoms with Crippen molar-refractivity contribution in [2.45, 2.75) is 13.8 Å². The molecule has 0 aliphatic carbocycles. The lowest BCUT2D eigenvalue weighted by molar-refractivity contribution is 0.0444. The van der Waals surface area contributed by atoms with Crippen molar-refractivity contribution in [3.8, 4) is 5.69 Å². The molecule has 0 radical (unpaired) electrons. The number of carbonyl (C=O) groups is 2. The van der Waals surface area contributed by atoms with E-state index in [2.05, 4.69) is 0 Å². The SMILES string of the molecule is Cc1cc(C(=O)COC(=O)c2cc(=O)c3ccccc3o2)c(C)n1-c1ccccc1F. The van der Waals surface area contributed by atoms with Gasteiger partial charge in [0.15, 0.2) is 12.0 Å². The zero-order valence-corrected chi connectivity index (χ0v) is 16.8. The van der Waals surface area contributed by atoms with Crippen LogP contribution in [0.4, 0.5) is 4.39 Å². The third-order valence-corrected chi connectivity index (χ3v) is 5.00. The Labute approximate surface area is 176 Å². The number of benzene rings is 2. The second-order valence-electron chi connectivity index (χ2n) is 7.04. The van der Waals surface area contributed by atoms with Crippen LogP contribution in [0.25, 0.3) is 16.7 Å². The molecule has 0 N–H and O–H groups in total. The van der Waals surface area contributed by atoms with E-state index in [4.69, 9.17) is 9.15 Å². The zero-order chi connectivity index (χ0) is 22.1. The van der Waals surface area contributed by atoms with Crippen LogP contribution in [0.1, 0.15) is 32.3 Å². The fourth-order valence-corrected chi connectivity index (χ4v) is 3.53. The van der Waals surface area contributed by atoms with Crippen LogP contribution in [0.5, 0.6) is 0 Å². The van der Waals surface area contributed by atoms with Crippen molar-refractivity contribution in [1.29, 1.82) is 0 Å². The number of para-hydroxylation sites is 2. The van der Waals surface area contributed by atoms with Gasteiger partial charge in [-0.2, -0.15) is 0 Å². The average molecular weight is 419 g/mol. The number of nitrogens with zero attached hydrogens (tertiary/aromatic N) is 1. The predicted molar refractivity (Wildman–Crippen MR) is 112 cm³/mol. The highest BCUT2D eigenvalue weighted by Crippen LogP contribution is 2.23. The number of aromatic nitrogens is 1. The molecule has 4 aromatic rings. The van der Waals surface area contributed by atoms with Gasteiger partial charge >= 0.3 is 5.97 Å². The highest BCUT2D eigenvalue weighted by Gasteiger charge is 2.21. The van der Waals surface area contributed by atoms with Crippen molar-refractivity contribution >= 4 is 22.7 Å². The molecule has 4 rings (SSSR count). The van der Waals surface area contributed by atoms with Gasteiger partial charge in [-0.3, -0.25) is 9.59 Å². The number of esters is 1. The molecule has 2 heterocycles. The molecule has 6 nitrogen and oxygen atoms in total. The van der Waals surface area contributed by atoms with Crippen LogP contribution < -0.4 is 5.43 Å². The monoisotopic (exact) mass is 419 g/mol. The van der Waals surface area contributed by atoms with Gasteiger partial charge in [-0.1, -0.05) is 24.3 Å². The quantitative estimate of drug-likeness (QED) is 0.354. The number of Topliss-reactive ketones (excluding diaryl/α,β-unsaturated/α-hetero) is 1. The van der Waals surface area contributed by atoms with E-state index in [1.165, 1.54) is 6.07 Å². The number of fused-ring (bicyclic) bond motifs is 1. The highest BCUT2D eigenvalue weighted by molar-refractivity contribution is 6.00. The second-order valence-corrected chi connectivity index (χ2v) is 7.04. The summed E-state index contributed by atoms with van der Waals surface area (Å²) in [5.41, 5.74) is 1.70. The summed E-state index contributed by atoms with van der Waals surface area (Å²) in [5, 5.41) is 0.343. The smallest absolute Gasteiger partial charge is 0.374 e. The fraction of sp³-hybridized carbons (Fsp3) is 0.125. The zero-order valence-electron chi connectivity index (χ0n) is 16.8. The molecule has 0 unspecified atom stereocenters. The minimum Gasteiger partial charge on any atom is -0.451 e. The van der Waals surface area contributed by atoms with E-state index in [1.54, 1.807) is 66.9 Å². The van der Waals surface area contributed by atoms with Gasteiger partial charge in [0.25, 0.3) is 0 Å². The van der Waals surface area contributed by atoms with Gasteiger partial charge in [-0.15, -0.1) is 0 Å². The van der Waals surface area contributed by atoms with E-state index in [-0.39, 0.29) is 16.8 Å². The first-order chi connectivity index (χ1) is 14.9. The molecule has 0 aliphatic heterocycles. The Hall–Kier alpha value is -4.00. The Bertz CT molecular complexity index is 1380. The lowest BCUT2D eigenvalue weighted by atomic mass is 10.1. The summed E-state index contributed by atoms with van der Waals surface area (Å²) in [7, 11) is 0. The van der Waals surface area contributed by atoms with Gasteiger partial charge in [-0.05, 0) is 44.2 Å². The first-order valence-electron chi connectivity index (χ1n) is 9.54. The second kappa shape index (κ2) is 8.02. The van der Waals surface area contributed by atoms with Gasteiger partial charge < -0.3 is 13.7 Å². The molecule has 0 fully saturated rings. The van der Waals surface area contributed by atoms with Crippen molar-refractivity contribution in [3.63, 3.8) is 0 Å². The maximum absolute atomic E-state index is 14.2. The Balaban J connectivity index is 1.55. The number of aryl methyl sites for hydroxylation is 1. The minimum absolute atomic E-state index is 0.252. The number of hydrogen-bond acceptors (Lipinski definition) is 5. The molecule has 156 valence electrons. The lowest BCUT2D eigenvalue weighted by Gasteiger charge is -2.10. The Kier molecular flexibility index (Phi) is 5.25. The van der Waals surface area contributed by atoms with E-state index >= 15 is 0 Å². The van der Waals surface area contributed by atoms with Gasteiger partial charge in [0.1, 0.15) is 11.4 Å². The molecule has 0 bridgehead atoms. The summed E-state index contributed by atoms with van der Waals surface area (Å²) >= 11 is 0. The van der Waals surface area contributed by atoms with Crippen LogP contribution in [-0.4, -0.2) is 22.9 Å². The minimum atomic E-state index is -0.917. The van der Waals surface area contributed by atoms with Crippen molar-refractivity contribution in [1.82, 2.24) is 4.57 Å². The van der Waals surface area contributed by atoms with E-state index in [1.807, 2.05) is 0 Å². The number of halogens is 1. The van der Waals surface area contributed by atoms with Crippen LogP contribution >= 0.6 is 0 Å². The molecule has 0 atom stereocenters. The molecule has 2 aromatic carbocycles.